The number of rotatable bonds is 3. The van der Waals surface area contributed by atoms with Gasteiger partial charge in [-0.1, -0.05) is 0 Å². The van der Waals surface area contributed by atoms with E-state index in [-0.39, 0.29) is 11.5 Å². The van der Waals surface area contributed by atoms with E-state index in [9.17, 15) is 9.59 Å². The molecule has 1 saturated heterocycles. The van der Waals surface area contributed by atoms with Crippen LogP contribution in [0, 0.1) is 0 Å². The minimum absolute atomic E-state index is 0.0713. The average Bonchev–Trinajstić information content (AvgIpc) is 2.72. The molecule has 3 rings (SSSR count). The van der Waals surface area contributed by atoms with Gasteiger partial charge in [0, 0.05) is 44.2 Å². The molecule has 1 aromatic carbocycles. The molecule has 6 heteroatoms. The topological polar surface area (TPSA) is 74.4 Å². The first-order valence-electron chi connectivity index (χ1n) is 7.35. The Morgan fingerprint density at radius 1 is 1.23 bits per heavy atom. The SMILES string of the molecule is COc1ccc2cc(CN3CCNC(=O)CC3)c(=O)[nH]c2c1. The summed E-state index contributed by atoms with van der Waals surface area (Å²) in [5.74, 6) is 0.787. The summed E-state index contributed by atoms with van der Waals surface area (Å²) in [6.07, 6.45) is 0.475. The molecule has 0 spiro atoms. The summed E-state index contributed by atoms with van der Waals surface area (Å²) in [6.45, 7) is 2.60. The van der Waals surface area contributed by atoms with E-state index in [0.717, 1.165) is 17.4 Å². The van der Waals surface area contributed by atoms with Crippen LogP contribution in [0.1, 0.15) is 12.0 Å². The van der Waals surface area contributed by atoms with Gasteiger partial charge in [0.15, 0.2) is 0 Å². The predicted molar refractivity (Wildman–Crippen MR) is 84.0 cm³/mol. The number of amides is 1. The molecule has 0 radical (unpaired) electrons. The van der Waals surface area contributed by atoms with Gasteiger partial charge in [-0.3, -0.25) is 14.5 Å². The molecule has 2 N–H and O–H groups in total. The zero-order valence-electron chi connectivity index (χ0n) is 12.5. The van der Waals surface area contributed by atoms with Crippen LogP contribution in [0.5, 0.6) is 5.75 Å². The molecule has 116 valence electrons. The van der Waals surface area contributed by atoms with Crippen molar-refractivity contribution >= 4 is 16.8 Å². The molecule has 1 aromatic heterocycles. The lowest BCUT2D eigenvalue weighted by molar-refractivity contribution is -0.120. The fourth-order valence-electron chi connectivity index (χ4n) is 2.68. The Bertz CT molecular complexity index is 754. The van der Waals surface area contributed by atoms with E-state index < -0.39 is 0 Å². The predicted octanol–water partition coefficient (Wildman–Crippen LogP) is 0.859. The number of aromatic amines is 1. The van der Waals surface area contributed by atoms with E-state index in [4.69, 9.17) is 4.74 Å². The third-order valence-electron chi connectivity index (χ3n) is 3.93. The molecule has 0 atom stereocenters. The standard InChI is InChI=1S/C16H19N3O3/c1-22-13-3-2-11-8-12(16(21)18-14(11)9-13)10-19-6-4-15(20)17-5-7-19/h2-3,8-9H,4-7,10H2,1H3,(H,17,20)(H,18,21). The number of H-pyrrole nitrogens is 1. The molecule has 0 aliphatic carbocycles. The van der Waals surface area contributed by atoms with E-state index in [1.54, 1.807) is 7.11 Å². The van der Waals surface area contributed by atoms with Crippen LogP contribution >= 0.6 is 0 Å². The number of nitrogens with zero attached hydrogens (tertiary/aromatic N) is 1. The highest BCUT2D eigenvalue weighted by Crippen LogP contribution is 2.19. The summed E-state index contributed by atoms with van der Waals surface area (Å²) in [5, 5.41) is 3.81. The number of aromatic nitrogens is 1. The van der Waals surface area contributed by atoms with Gasteiger partial charge in [-0.05, 0) is 23.6 Å². The quantitative estimate of drug-likeness (QED) is 0.882. The maximum atomic E-state index is 12.3. The van der Waals surface area contributed by atoms with Gasteiger partial charge in [0.2, 0.25) is 5.91 Å². The van der Waals surface area contributed by atoms with Crippen molar-refractivity contribution in [2.24, 2.45) is 0 Å². The summed E-state index contributed by atoms with van der Waals surface area (Å²) in [7, 11) is 1.60. The minimum Gasteiger partial charge on any atom is -0.497 e. The Morgan fingerprint density at radius 2 is 2.09 bits per heavy atom. The first kappa shape index (κ1) is 14.6. The van der Waals surface area contributed by atoms with Crippen molar-refractivity contribution in [3.8, 4) is 5.75 Å². The number of hydrogen-bond donors (Lipinski definition) is 2. The van der Waals surface area contributed by atoms with Gasteiger partial charge in [0.25, 0.3) is 5.56 Å². The lowest BCUT2D eigenvalue weighted by Crippen LogP contribution is -2.30. The highest BCUT2D eigenvalue weighted by Gasteiger charge is 2.15. The van der Waals surface area contributed by atoms with Gasteiger partial charge in [-0.2, -0.15) is 0 Å². The first-order valence-corrected chi connectivity index (χ1v) is 7.35. The third-order valence-corrected chi connectivity index (χ3v) is 3.93. The Kier molecular flexibility index (Phi) is 4.11. The molecule has 1 amide bonds. The van der Waals surface area contributed by atoms with Crippen molar-refractivity contribution in [2.75, 3.05) is 26.7 Å². The Morgan fingerprint density at radius 3 is 2.91 bits per heavy atom. The monoisotopic (exact) mass is 301 g/mol. The fourth-order valence-corrected chi connectivity index (χ4v) is 2.68. The molecule has 0 saturated carbocycles. The molecule has 6 nitrogen and oxygen atoms in total. The summed E-state index contributed by atoms with van der Waals surface area (Å²) in [6, 6.07) is 7.53. The summed E-state index contributed by atoms with van der Waals surface area (Å²) < 4.78 is 5.17. The molecule has 1 aliphatic rings. The van der Waals surface area contributed by atoms with Gasteiger partial charge in [-0.15, -0.1) is 0 Å². The van der Waals surface area contributed by atoms with Crippen molar-refractivity contribution < 1.29 is 9.53 Å². The van der Waals surface area contributed by atoms with E-state index in [1.165, 1.54) is 0 Å². The molecule has 0 unspecified atom stereocenters. The smallest absolute Gasteiger partial charge is 0.252 e. The van der Waals surface area contributed by atoms with Crippen LogP contribution in [-0.4, -0.2) is 42.5 Å². The van der Waals surface area contributed by atoms with Crippen LogP contribution in [-0.2, 0) is 11.3 Å². The van der Waals surface area contributed by atoms with E-state index in [0.29, 0.717) is 37.4 Å². The highest BCUT2D eigenvalue weighted by atomic mass is 16.5. The molecule has 1 aliphatic heterocycles. The summed E-state index contributed by atoms with van der Waals surface area (Å²) in [5.41, 5.74) is 1.39. The van der Waals surface area contributed by atoms with Crippen LogP contribution in [0.15, 0.2) is 29.1 Å². The van der Waals surface area contributed by atoms with Crippen molar-refractivity contribution in [3.05, 3.63) is 40.2 Å². The van der Waals surface area contributed by atoms with Gasteiger partial charge in [0.05, 0.1) is 12.6 Å². The molecular formula is C16H19N3O3. The number of nitrogens with one attached hydrogen (secondary N) is 2. The van der Waals surface area contributed by atoms with Crippen LogP contribution in [0.25, 0.3) is 10.9 Å². The second kappa shape index (κ2) is 6.19. The number of carbonyl (C=O) groups excluding carboxylic acids is 1. The lowest BCUT2D eigenvalue weighted by Gasteiger charge is -2.18. The van der Waals surface area contributed by atoms with Crippen molar-refractivity contribution in [3.63, 3.8) is 0 Å². The average molecular weight is 301 g/mol. The van der Waals surface area contributed by atoms with Gasteiger partial charge in [-0.25, -0.2) is 0 Å². The largest absolute Gasteiger partial charge is 0.497 e. The summed E-state index contributed by atoms with van der Waals surface area (Å²) in [4.78, 5) is 28.6. The van der Waals surface area contributed by atoms with Crippen LogP contribution in [0.2, 0.25) is 0 Å². The number of hydrogen-bond acceptors (Lipinski definition) is 4. The Hall–Kier alpha value is -2.34. The second-order valence-electron chi connectivity index (χ2n) is 5.45. The first-order chi connectivity index (χ1) is 10.7. The van der Waals surface area contributed by atoms with E-state index in [2.05, 4.69) is 15.2 Å². The third kappa shape index (κ3) is 3.12. The number of benzene rings is 1. The fraction of sp³-hybridized carbons (Fsp3) is 0.375. The van der Waals surface area contributed by atoms with Crippen LogP contribution in [0.3, 0.4) is 0 Å². The number of carbonyl (C=O) groups is 1. The zero-order chi connectivity index (χ0) is 15.5. The van der Waals surface area contributed by atoms with Gasteiger partial charge >= 0.3 is 0 Å². The van der Waals surface area contributed by atoms with Crippen molar-refractivity contribution in [2.45, 2.75) is 13.0 Å². The van der Waals surface area contributed by atoms with Crippen LogP contribution in [0.4, 0.5) is 0 Å². The van der Waals surface area contributed by atoms with Gasteiger partial charge in [0.1, 0.15) is 5.75 Å². The van der Waals surface area contributed by atoms with E-state index >= 15 is 0 Å². The van der Waals surface area contributed by atoms with E-state index in [1.807, 2.05) is 24.3 Å². The zero-order valence-corrected chi connectivity index (χ0v) is 12.5. The number of pyridine rings is 1. The summed E-state index contributed by atoms with van der Waals surface area (Å²) >= 11 is 0. The minimum atomic E-state index is -0.0933. The maximum Gasteiger partial charge on any atom is 0.252 e. The molecule has 2 heterocycles. The van der Waals surface area contributed by atoms with Gasteiger partial charge < -0.3 is 15.0 Å². The number of methoxy groups -OCH3 is 1. The Labute approximate surface area is 128 Å². The van der Waals surface area contributed by atoms with Crippen molar-refractivity contribution in [1.82, 2.24) is 15.2 Å². The molecule has 1 fully saturated rings. The van der Waals surface area contributed by atoms with Crippen LogP contribution < -0.4 is 15.6 Å². The Balaban J connectivity index is 1.86. The molecule has 22 heavy (non-hydrogen) atoms. The second-order valence-corrected chi connectivity index (χ2v) is 5.45. The molecular weight excluding hydrogens is 282 g/mol. The van der Waals surface area contributed by atoms with Crippen molar-refractivity contribution in [1.29, 1.82) is 0 Å². The number of fused-ring (bicyclic) bond motifs is 1. The maximum absolute atomic E-state index is 12.3. The normalized spacial score (nSPS) is 16.3. The highest BCUT2D eigenvalue weighted by molar-refractivity contribution is 5.80. The molecule has 2 aromatic rings. The lowest BCUT2D eigenvalue weighted by atomic mass is 10.1. The number of ether oxygens (including phenoxy) is 1. The molecule has 0 bridgehead atoms.